The van der Waals surface area contributed by atoms with Crippen molar-refractivity contribution in [3.05, 3.63) is 47.5 Å². The molecule has 0 saturated heterocycles. The predicted octanol–water partition coefficient (Wildman–Crippen LogP) is 3.22. The molecule has 2 unspecified atom stereocenters. The maximum absolute atomic E-state index is 13.0. The highest BCUT2D eigenvalue weighted by molar-refractivity contribution is 5.18. The van der Waals surface area contributed by atoms with Crippen LogP contribution in [0.4, 0.5) is 8.78 Å². The summed E-state index contributed by atoms with van der Waals surface area (Å²) < 4.78 is 25.7. The largest absolute Gasteiger partial charge is 0.392 e. The molecule has 1 aromatic rings. The van der Waals surface area contributed by atoms with E-state index in [1.54, 1.807) is 0 Å². The molecule has 1 aliphatic carbocycles. The summed E-state index contributed by atoms with van der Waals surface area (Å²) in [4.78, 5) is 0. The molecule has 0 fully saturated rings. The Morgan fingerprint density at radius 1 is 1.24 bits per heavy atom. The Labute approximate surface area is 99.8 Å². The molecule has 0 aromatic heterocycles. The highest BCUT2D eigenvalue weighted by atomic mass is 19.2. The lowest BCUT2D eigenvalue weighted by atomic mass is 9.86. The minimum absolute atomic E-state index is 0.230. The summed E-state index contributed by atoms with van der Waals surface area (Å²) in [6, 6.07) is 3.80. The minimum atomic E-state index is -0.849. The van der Waals surface area contributed by atoms with Crippen molar-refractivity contribution in [1.82, 2.24) is 0 Å². The number of benzene rings is 1. The Kier molecular flexibility index (Phi) is 3.89. The Morgan fingerprint density at radius 3 is 2.71 bits per heavy atom. The molecule has 2 rings (SSSR count). The second-order valence-electron chi connectivity index (χ2n) is 4.56. The molecule has 0 spiro atoms. The normalized spacial score (nSPS) is 21.5. The maximum Gasteiger partial charge on any atom is 0.159 e. The molecule has 92 valence electrons. The van der Waals surface area contributed by atoms with E-state index in [1.807, 2.05) is 0 Å². The average molecular weight is 238 g/mol. The Hall–Kier alpha value is -1.22. The second kappa shape index (κ2) is 5.41. The number of aliphatic hydroxyl groups excluding tert-OH is 1. The van der Waals surface area contributed by atoms with Crippen molar-refractivity contribution >= 4 is 0 Å². The summed E-state index contributed by atoms with van der Waals surface area (Å²) in [5.74, 6) is -1.46. The average Bonchev–Trinajstić information content (AvgIpc) is 2.35. The second-order valence-corrected chi connectivity index (χ2v) is 4.56. The van der Waals surface area contributed by atoms with E-state index in [2.05, 4.69) is 12.2 Å². The lowest BCUT2D eigenvalue weighted by Crippen LogP contribution is -2.23. The summed E-state index contributed by atoms with van der Waals surface area (Å²) >= 11 is 0. The van der Waals surface area contributed by atoms with Gasteiger partial charge in [0.15, 0.2) is 11.6 Å². The minimum Gasteiger partial charge on any atom is -0.392 e. The van der Waals surface area contributed by atoms with Gasteiger partial charge in [-0.2, -0.15) is 0 Å². The van der Waals surface area contributed by atoms with E-state index in [-0.39, 0.29) is 5.92 Å². The van der Waals surface area contributed by atoms with E-state index in [0.29, 0.717) is 12.0 Å². The summed E-state index contributed by atoms with van der Waals surface area (Å²) in [7, 11) is 0. The number of rotatable bonds is 3. The standard InChI is InChI=1S/C14H16F2O/c15-12-7-6-10(8-13(12)16)9-14(17)11-4-2-1-3-5-11/h1-2,6-8,11,14,17H,3-5,9H2. The van der Waals surface area contributed by atoms with E-state index in [4.69, 9.17) is 0 Å². The van der Waals surface area contributed by atoms with Crippen LogP contribution in [0.5, 0.6) is 0 Å². The molecule has 2 atom stereocenters. The van der Waals surface area contributed by atoms with E-state index >= 15 is 0 Å². The van der Waals surface area contributed by atoms with Gasteiger partial charge in [-0.1, -0.05) is 18.2 Å². The van der Waals surface area contributed by atoms with Gasteiger partial charge in [0.1, 0.15) is 0 Å². The Morgan fingerprint density at radius 2 is 2.06 bits per heavy atom. The van der Waals surface area contributed by atoms with Crippen molar-refractivity contribution in [2.24, 2.45) is 5.92 Å². The van der Waals surface area contributed by atoms with E-state index in [0.717, 1.165) is 31.4 Å². The van der Waals surface area contributed by atoms with Gasteiger partial charge in [-0.25, -0.2) is 8.78 Å². The molecule has 0 heterocycles. The zero-order chi connectivity index (χ0) is 12.3. The highest BCUT2D eigenvalue weighted by Gasteiger charge is 2.20. The van der Waals surface area contributed by atoms with Crippen molar-refractivity contribution in [2.75, 3.05) is 0 Å². The van der Waals surface area contributed by atoms with Crippen molar-refractivity contribution in [3.8, 4) is 0 Å². The summed E-state index contributed by atoms with van der Waals surface area (Å²) in [5.41, 5.74) is 0.644. The molecule has 1 N–H and O–H groups in total. The number of aliphatic hydroxyl groups is 1. The zero-order valence-electron chi connectivity index (χ0n) is 9.57. The molecule has 0 amide bonds. The summed E-state index contributed by atoms with van der Waals surface area (Å²) in [5, 5.41) is 10.0. The number of hydrogen-bond donors (Lipinski definition) is 1. The first kappa shape index (κ1) is 12.2. The fourth-order valence-electron chi connectivity index (χ4n) is 2.24. The number of hydrogen-bond acceptors (Lipinski definition) is 1. The molecule has 0 radical (unpaired) electrons. The maximum atomic E-state index is 13.0. The fraction of sp³-hybridized carbons (Fsp3) is 0.429. The molecule has 1 aromatic carbocycles. The van der Waals surface area contributed by atoms with Gasteiger partial charge in [-0.15, -0.1) is 0 Å². The molecule has 1 aliphatic rings. The van der Waals surface area contributed by atoms with Crippen LogP contribution < -0.4 is 0 Å². The van der Waals surface area contributed by atoms with Crippen LogP contribution in [0, 0.1) is 17.6 Å². The molecule has 1 nitrogen and oxygen atoms in total. The van der Waals surface area contributed by atoms with Crippen LogP contribution in [0.1, 0.15) is 24.8 Å². The Balaban J connectivity index is 1.99. The Bertz CT molecular complexity index is 415. The molecule has 3 heteroatoms. The SMILES string of the molecule is OC(Cc1ccc(F)c(F)c1)C1CC=CCC1. The van der Waals surface area contributed by atoms with Gasteiger partial charge in [-0.3, -0.25) is 0 Å². The van der Waals surface area contributed by atoms with Crippen molar-refractivity contribution in [3.63, 3.8) is 0 Å². The highest BCUT2D eigenvalue weighted by Crippen LogP contribution is 2.24. The molecule has 17 heavy (non-hydrogen) atoms. The van der Waals surface area contributed by atoms with Crippen LogP contribution in [-0.4, -0.2) is 11.2 Å². The first-order valence-corrected chi connectivity index (χ1v) is 5.94. The van der Waals surface area contributed by atoms with Crippen molar-refractivity contribution in [2.45, 2.75) is 31.8 Å². The summed E-state index contributed by atoms with van der Waals surface area (Å²) in [6.45, 7) is 0. The van der Waals surface area contributed by atoms with Crippen LogP contribution in [-0.2, 0) is 6.42 Å². The van der Waals surface area contributed by atoms with Gasteiger partial charge >= 0.3 is 0 Å². The van der Waals surface area contributed by atoms with Gasteiger partial charge in [0, 0.05) is 0 Å². The van der Waals surface area contributed by atoms with Gasteiger partial charge < -0.3 is 5.11 Å². The van der Waals surface area contributed by atoms with Crippen LogP contribution in [0.25, 0.3) is 0 Å². The van der Waals surface area contributed by atoms with E-state index in [1.165, 1.54) is 6.07 Å². The number of allylic oxidation sites excluding steroid dienone is 2. The summed E-state index contributed by atoms with van der Waals surface area (Å²) in [6.07, 6.45) is 6.90. The quantitative estimate of drug-likeness (QED) is 0.802. The third kappa shape index (κ3) is 3.13. The zero-order valence-corrected chi connectivity index (χ0v) is 9.57. The van der Waals surface area contributed by atoms with Crippen LogP contribution in [0.3, 0.4) is 0 Å². The third-order valence-electron chi connectivity index (χ3n) is 3.28. The molecule has 0 aliphatic heterocycles. The monoisotopic (exact) mass is 238 g/mol. The van der Waals surface area contributed by atoms with E-state index < -0.39 is 17.7 Å². The molecular weight excluding hydrogens is 222 g/mol. The fourth-order valence-corrected chi connectivity index (χ4v) is 2.24. The topological polar surface area (TPSA) is 20.2 Å². The first-order chi connectivity index (χ1) is 8.16. The van der Waals surface area contributed by atoms with Crippen molar-refractivity contribution in [1.29, 1.82) is 0 Å². The van der Waals surface area contributed by atoms with Crippen LogP contribution in [0.2, 0.25) is 0 Å². The molecule has 0 bridgehead atoms. The first-order valence-electron chi connectivity index (χ1n) is 5.94. The lowest BCUT2D eigenvalue weighted by Gasteiger charge is -2.23. The lowest BCUT2D eigenvalue weighted by molar-refractivity contribution is 0.102. The van der Waals surface area contributed by atoms with Crippen LogP contribution >= 0.6 is 0 Å². The smallest absolute Gasteiger partial charge is 0.159 e. The van der Waals surface area contributed by atoms with E-state index in [9.17, 15) is 13.9 Å². The van der Waals surface area contributed by atoms with Crippen molar-refractivity contribution < 1.29 is 13.9 Å². The van der Waals surface area contributed by atoms with Crippen LogP contribution in [0.15, 0.2) is 30.4 Å². The third-order valence-corrected chi connectivity index (χ3v) is 3.28. The van der Waals surface area contributed by atoms with Gasteiger partial charge in [0.25, 0.3) is 0 Å². The van der Waals surface area contributed by atoms with Gasteiger partial charge in [0.05, 0.1) is 6.10 Å². The molecular formula is C14H16F2O. The number of halogens is 2. The van der Waals surface area contributed by atoms with Gasteiger partial charge in [-0.05, 0) is 49.3 Å². The molecule has 0 saturated carbocycles. The predicted molar refractivity (Wildman–Crippen MR) is 62.5 cm³/mol. The van der Waals surface area contributed by atoms with Gasteiger partial charge in [0.2, 0.25) is 0 Å².